The lowest BCUT2D eigenvalue weighted by atomic mass is 10.1. The molecule has 3 aromatic rings. The maximum Gasteiger partial charge on any atom is 0.343 e. The Bertz CT molecular complexity index is 1610. The zero-order valence-corrected chi connectivity index (χ0v) is 27.9. The number of methoxy groups -OCH3 is 1. The van der Waals surface area contributed by atoms with Gasteiger partial charge in [0.1, 0.15) is 28.6 Å². The lowest BCUT2D eigenvalue weighted by molar-refractivity contribution is -0.138. The van der Waals surface area contributed by atoms with Crippen LogP contribution in [0.2, 0.25) is 0 Å². The zero-order chi connectivity index (χ0) is 36.1. The van der Waals surface area contributed by atoms with E-state index in [9.17, 15) is 24.0 Å². The van der Waals surface area contributed by atoms with Gasteiger partial charge in [-0.3, -0.25) is 0 Å². The topological polar surface area (TPSA) is 150 Å². The molecular weight excluding hydrogens is 648 g/mol. The number of rotatable bonds is 21. The summed E-state index contributed by atoms with van der Waals surface area (Å²) in [6.07, 6.45) is 6.89. The first-order chi connectivity index (χ1) is 24.2. The average Bonchev–Trinajstić information content (AvgIpc) is 3.14. The van der Waals surface area contributed by atoms with E-state index in [0.717, 1.165) is 37.8 Å². The Hall–Kier alpha value is -5.91. The van der Waals surface area contributed by atoms with E-state index in [2.05, 4.69) is 13.2 Å². The van der Waals surface area contributed by atoms with Crippen molar-refractivity contribution in [3.05, 3.63) is 109 Å². The van der Waals surface area contributed by atoms with Crippen LogP contribution in [-0.4, -0.2) is 63.4 Å². The molecule has 0 saturated heterocycles. The summed E-state index contributed by atoms with van der Waals surface area (Å²) in [7, 11) is 1.17. The van der Waals surface area contributed by atoms with Gasteiger partial charge in [-0.05, 0) is 105 Å². The van der Waals surface area contributed by atoms with E-state index < -0.39 is 29.8 Å². The van der Waals surface area contributed by atoms with Crippen molar-refractivity contribution in [2.75, 3.05) is 33.5 Å². The molecule has 0 amide bonds. The van der Waals surface area contributed by atoms with Crippen LogP contribution in [0, 0.1) is 0 Å². The number of benzene rings is 3. The molecule has 0 heterocycles. The Morgan fingerprint density at radius 2 is 0.980 bits per heavy atom. The molecule has 0 aliphatic rings. The highest BCUT2D eigenvalue weighted by Gasteiger charge is 2.20. The Labute approximate surface area is 290 Å². The molecule has 0 bridgehead atoms. The second kappa shape index (κ2) is 21.1. The highest BCUT2D eigenvalue weighted by molar-refractivity contribution is 5.97. The van der Waals surface area contributed by atoms with E-state index in [1.54, 1.807) is 36.4 Å². The first kappa shape index (κ1) is 38.5. The molecule has 0 unspecified atom stereocenters. The molecule has 0 spiro atoms. The number of hydrogen-bond donors (Lipinski definition) is 0. The maximum absolute atomic E-state index is 12.9. The lowest BCUT2D eigenvalue weighted by Crippen LogP contribution is -2.13. The van der Waals surface area contributed by atoms with Crippen LogP contribution in [0.4, 0.5) is 0 Å². The third-order valence-corrected chi connectivity index (χ3v) is 6.89. The van der Waals surface area contributed by atoms with Gasteiger partial charge in [0.15, 0.2) is 0 Å². The quantitative estimate of drug-likeness (QED) is 0.0397. The normalized spacial score (nSPS) is 10.3. The number of carbonyl (C=O) groups excluding carboxylic acids is 5. The van der Waals surface area contributed by atoms with Crippen LogP contribution in [0.15, 0.2) is 92.0 Å². The fourth-order valence-corrected chi connectivity index (χ4v) is 4.24. The van der Waals surface area contributed by atoms with Gasteiger partial charge < -0.3 is 33.2 Å². The van der Waals surface area contributed by atoms with Gasteiger partial charge in [-0.1, -0.05) is 13.2 Å². The first-order valence-electron chi connectivity index (χ1n) is 15.9. The van der Waals surface area contributed by atoms with E-state index >= 15 is 0 Å². The van der Waals surface area contributed by atoms with Crippen molar-refractivity contribution in [3.8, 4) is 23.0 Å². The molecule has 264 valence electrons. The summed E-state index contributed by atoms with van der Waals surface area (Å²) < 4.78 is 37.0. The summed E-state index contributed by atoms with van der Waals surface area (Å²) in [5.74, 6) is -2.03. The molecule has 0 aromatic heterocycles. The van der Waals surface area contributed by atoms with Crippen LogP contribution >= 0.6 is 0 Å². The van der Waals surface area contributed by atoms with E-state index in [1.165, 1.54) is 37.4 Å². The molecule has 0 saturated carbocycles. The van der Waals surface area contributed by atoms with Crippen molar-refractivity contribution in [1.82, 2.24) is 0 Å². The van der Waals surface area contributed by atoms with Crippen LogP contribution in [0.25, 0.3) is 0 Å². The summed E-state index contributed by atoms with van der Waals surface area (Å²) in [5, 5.41) is 0. The monoisotopic (exact) mass is 688 g/mol. The van der Waals surface area contributed by atoms with Gasteiger partial charge in [0.2, 0.25) is 0 Å². The lowest BCUT2D eigenvalue weighted by Gasteiger charge is -2.12. The van der Waals surface area contributed by atoms with Crippen LogP contribution in [0.5, 0.6) is 23.0 Å². The molecule has 0 fully saturated rings. The number of carbonyl (C=O) groups is 5. The third-order valence-electron chi connectivity index (χ3n) is 6.89. The molecule has 3 aromatic carbocycles. The number of ether oxygens (including phenoxy) is 7. The van der Waals surface area contributed by atoms with Crippen LogP contribution in [-0.2, 0) is 23.8 Å². The van der Waals surface area contributed by atoms with Crippen LogP contribution < -0.4 is 18.9 Å². The molecule has 12 nitrogen and oxygen atoms in total. The molecule has 0 N–H and O–H groups in total. The van der Waals surface area contributed by atoms with Gasteiger partial charge in [0.25, 0.3) is 0 Å². The molecule has 12 heteroatoms. The predicted octanol–water partition coefficient (Wildman–Crippen LogP) is 6.47. The van der Waals surface area contributed by atoms with Crippen molar-refractivity contribution < 1.29 is 57.1 Å². The van der Waals surface area contributed by atoms with E-state index in [1.807, 2.05) is 0 Å². The van der Waals surface area contributed by atoms with Gasteiger partial charge in [-0.15, -0.1) is 0 Å². The summed E-state index contributed by atoms with van der Waals surface area (Å²) in [4.78, 5) is 60.3. The summed E-state index contributed by atoms with van der Waals surface area (Å²) in [5.41, 5.74) is 0.340. The van der Waals surface area contributed by atoms with E-state index in [-0.39, 0.29) is 34.8 Å². The Kier molecular flexibility index (Phi) is 16.3. The minimum Gasteiger partial charge on any atom is -0.494 e. The Morgan fingerprint density at radius 3 is 1.48 bits per heavy atom. The number of hydrogen-bond acceptors (Lipinski definition) is 12. The zero-order valence-electron chi connectivity index (χ0n) is 27.9. The molecule has 0 atom stereocenters. The molecule has 0 aliphatic carbocycles. The predicted molar refractivity (Wildman–Crippen MR) is 182 cm³/mol. The van der Waals surface area contributed by atoms with Crippen molar-refractivity contribution in [3.63, 3.8) is 0 Å². The minimum atomic E-state index is -0.799. The van der Waals surface area contributed by atoms with Gasteiger partial charge >= 0.3 is 29.8 Å². The average molecular weight is 689 g/mol. The second-order valence-corrected chi connectivity index (χ2v) is 10.5. The number of esters is 5. The summed E-state index contributed by atoms with van der Waals surface area (Å²) in [6.45, 7) is 8.19. The van der Waals surface area contributed by atoms with Crippen molar-refractivity contribution in [1.29, 1.82) is 0 Å². The first-order valence-corrected chi connectivity index (χ1v) is 15.9. The largest absolute Gasteiger partial charge is 0.494 e. The Morgan fingerprint density at radius 1 is 0.540 bits per heavy atom. The highest BCUT2D eigenvalue weighted by Crippen LogP contribution is 2.27. The van der Waals surface area contributed by atoms with Crippen molar-refractivity contribution >= 4 is 29.8 Å². The fraction of sp³-hybridized carbons (Fsp3) is 0.289. The molecule has 3 rings (SSSR count). The fourth-order valence-electron chi connectivity index (χ4n) is 4.24. The smallest absolute Gasteiger partial charge is 0.343 e. The summed E-state index contributed by atoms with van der Waals surface area (Å²) >= 11 is 0. The van der Waals surface area contributed by atoms with Crippen LogP contribution in [0.3, 0.4) is 0 Å². The SMILES string of the molecule is C=CC(=O)OCCCCCCOc1ccc(C(=O)Oc2ccc(OC(=O)c3ccc(OCCCCOC(=O)C=C)cc3)cc2C(=O)OC)cc1. The molecule has 0 aliphatic heterocycles. The standard InChI is InChI=1S/C38H40O12/c1-4-34(39)47-24-9-7-6-8-22-45-29-18-14-28(15-19-29)37(42)50-33-21-20-31(26-32(33)38(43)44-3)49-36(41)27-12-16-30(17-13-27)46-23-10-11-25-48-35(40)5-2/h4-5,12-21,26H,1-2,6-11,22-25H2,3H3. The molecule has 0 radical (unpaired) electrons. The second-order valence-electron chi connectivity index (χ2n) is 10.5. The van der Waals surface area contributed by atoms with Gasteiger partial charge in [0.05, 0.1) is 44.7 Å². The summed E-state index contributed by atoms with van der Waals surface area (Å²) in [6, 6.07) is 16.6. The van der Waals surface area contributed by atoms with Crippen LogP contribution in [0.1, 0.15) is 69.6 Å². The minimum absolute atomic E-state index is 0.0327. The molecular formula is C38H40O12. The van der Waals surface area contributed by atoms with Gasteiger partial charge in [-0.2, -0.15) is 0 Å². The van der Waals surface area contributed by atoms with Crippen molar-refractivity contribution in [2.24, 2.45) is 0 Å². The number of unbranched alkanes of at least 4 members (excludes halogenated alkanes) is 4. The molecule has 50 heavy (non-hydrogen) atoms. The van der Waals surface area contributed by atoms with Gasteiger partial charge in [-0.25, -0.2) is 24.0 Å². The Balaban J connectivity index is 1.49. The third kappa shape index (κ3) is 13.3. The van der Waals surface area contributed by atoms with Crippen molar-refractivity contribution in [2.45, 2.75) is 38.5 Å². The maximum atomic E-state index is 12.9. The van der Waals surface area contributed by atoms with E-state index in [4.69, 9.17) is 33.2 Å². The van der Waals surface area contributed by atoms with E-state index in [0.29, 0.717) is 44.2 Å². The highest BCUT2D eigenvalue weighted by atomic mass is 16.6. The van der Waals surface area contributed by atoms with Gasteiger partial charge in [0, 0.05) is 12.2 Å².